The van der Waals surface area contributed by atoms with Gasteiger partial charge in [-0.3, -0.25) is 9.59 Å². The van der Waals surface area contributed by atoms with Crippen molar-refractivity contribution in [2.45, 2.75) is 38.8 Å². The summed E-state index contributed by atoms with van der Waals surface area (Å²) in [6.07, 6.45) is 18.6. The molecule has 0 unspecified atom stereocenters. The number of aromatic nitrogens is 2. The highest BCUT2D eigenvalue weighted by molar-refractivity contribution is 8.76. The Balaban J connectivity index is 1.01. The molecule has 58 heavy (non-hydrogen) atoms. The number of hydrogen-bond acceptors (Lipinski definition) is 10. The van der Waals surface area contributed by atoms with E-state index in [2.05, 4.69) is 19.8 Å². The number of benzene rings is 2. The van der Waals surface area contributed by atoms with Gasteiger partial charge in [0, 0.05) is 74.5 Å². The Morgan fingerprint density at radius 2 is 0.845 bits per heavy atom. The Morgan fingerprint density at radius 1 is 0.517 bits per heavy atom. The first-order valence-corrected chi connectivity index (χ1v) is 21.5. The lowest BCUT2D eigenvalue weighted by Crippen LogP contribution is -2.34. The second-order valence-corrected chi connectivity index (χ2v) is 15.6. The van der Waals surface area contributed by atoms with Crippen molar-refractivity contribution in [3.63, 3.8) is 0 Å². The maximum absolute atomic E-state index is 12.3. The highest BCUT2D eigenvalue weighted by Crippen LogP contribution is 2.39. The van der Waals surface area contributed by atoms with E-state index in [1.54, 1.807) is 64.2 Å². The molecule has 2 N–H and O–H groups in total. The van der Waals surface area contributed by atoms with Gasteiger partial charge in [0.15, 0.2) is 47.8 Å². The van der Waals surface area contributed by atoms with Crippen LogP contribution in [0.3, 0.4) is 0 Å². The Bertz CT molecular complexity index is 1770. The summed E-state index contributed by atoms with van der Waals surface area (Å²) in [5.41, 5.74) is 3.96. The third-order valence-electron chi connectivity index (χ3n) is 8.88. The zero-order chi connectivity index (χ0) is 41.5. The summed E-state index contributed by atoms with van der Waals surface area (Å²) in [5.74, 6) is 5.28. The predicted octanol–water partition coefficient (Wildman–Crippen LogP) is 6.53. The van der Waals surface area contributed by atoms with Gasteiger partial charge in [-0.05, 0) is 46.5 Å². The molecule has 0 saturated heterocycles. The van der Waals surface area contributed by atoms with Crippen molar-refractivity contribution in [1.82, 2.24) is 10.6 Å². The van der Waals surface area contributed by atoms with Crippen LogP contribution in [0.1, 0.15) is 47.9 Å². The normalized spacial score (nSPS) is 11.1. The van der Waals surface area contributed by atoms with Crippen LogP contribution < -0.4 is 48.2 Å². The first kappa shape index (κ1) is 45.4. The highest BCUT2D eigenvalue weighted by Gasteiger charge is 2.14. The molecule has 4 aromatic rings. The minimum atomic E-state index is 0.0572. The second kappa shape index (κ2) is 25.1. The van der Waals surface area contributed by atoms with E-state index in [0.717, 1.165) is 59.7 Å². The van der Waals surface area contributed by atoms with Crippen LogP contribution in [0.4, 0.5) is 0 Å². The number of rotatable bonds is 25. The third kappa shape index (κ3) is 14.9. The smallest absolute Gasteiger partial charge is 0.220 e. The number of pyridine rings is 2. The van der Waals surface area contributed by atoms with E-state index in [1.807, 2.05) is 97.6 Å². The molecule has 2 aromatic heterocycles. The number of carbonyl (C=O) groups excluding carboxylic acids is 2. The molecule has 0 aliphatic rings. The SMILES string of the molecule is COc1cc(C=Cc2cc[n+](CCCC(=O)NCCSSCCNC(=O)CCC[n+]3ccc(C=Cc4cc(OC)c(OC)c(OC)c4)cc3)cc2)cc(OC)c1OC. The molecule has 0 aliphatic carbocycles. The minimum absolute atomic E-state index is 0.0572. The molecule has 0 atom stereocenters. The van der Waals surface area contributed by atoms with E-state index < -0.39 is 0 Å². The van der Waals surface area contributed by atoms with Crippen molar-refractivity contribution >= 4 is 57.7 Å². The maximum atomic E-state index is 12.3. The van der Waals surface area contributed by atoms with Gasteiger partial charge in [-0.2, -0.15) is 0 Å². The van der Waals surface area contributed by atoms with Gasteiger partial charge in [0.05, 0.1) is 42.7 Å². The number of nitrogens with one attached hydrogen (secondary N) is 2. The first-order chi connectivity index (χ1) is 28.3. The lowest BCUT2D eigenvalue weighted by atomic mass is 10.1. The number of hydrogen-bond donors (Lipinski definition) is 2. The van der Waals surface area contributed by atoms with Crippen LogP contribution in [-0.4, -0.2) is 79.1 Å². The van der Waals surface area contributed by atoms with Crippen LogP contribution in [0.15, 0.2) is 73.3 Å². The van der Waals surface area contributed by atoms with E-state index in [1.165, 1.54) is 0 Å². The standard InChI is InChI=1S/C44H54N4O8S2/c1-51-37-29-35(30-38(52-2)43(37)55-5)13-11-33-15-23-47(24-16-33)21-7-9-41(49)45-19-27-57-58-28-20-46-42(50)10-8-22-48-25-17-34(18-26-48)12-14-36-31-39(53-3)44(56-6)40(32-36)54-4/h11-18,23-26,29-32H,7-10,19-22,27-28H2,1-6H3/p+2. The van der Waals surface area contributed by atoms with Gasteiger partial charge in [-0.1, -0.05) is 45.9 Å². The van der Waals surface area contributed by atoms with Gasteiger partial charge in [0.25, 0.3) is 0 Å². The molecule has 12 nitrogen and oxygen atoms in total. The summed E-state index contributed by atoms with van der Waals surface area (Å²) in [6.45, 7) is 2.74. The Labute approximate surface area is 350 Å². The number of nitrogens with zero attached hydrogens (tertiary/aromatic N) is 2. The van der Waals surface area contributed by atoms with Crippen molar-refractivity contribution in [2.24, 2.45) is 0 Å². The van der Waals surface area contributed by atoms with Gasteiger partial charge >= 0.3 is 0 Å². The van der Waals surface area contributed by atoms with Gasteiger partial charge in [0.1, 0.15) is 13.1 Å². The number of carbonyl (C=O) groups is 2. The van der Waals surface area contributed by atoms with Gasteiger partial charge in [-0.15, -0.1) is 0 Å². The fourth-order valence-corrected chi connectivity index (χ4v) is 7.65. The Morgan fingerprint density at radius 3 is 1.16 bits per heavy atom. The molecule has 4 rings (SSSR count). The highest BCUT2D eigenvalue weighted by atomic mass is 33.1. The second-order valence-electron chi connectivity index (χ2n) is 12.9. The summed E-state index contributed by atoms with van der Waals surface area (Å²) in [7, 11) is 13.0. The molecule has 0 radical (unpaired) electrons. The van der Waals surface area contributed by atoms with Crippen LogP contribution in [0.25, 0.3) is 24.3 Å². The number of aryl methyl sites for hydroxylation is 2. The molecule has 0 bridgehead atoms. The fourth-order valence-electron chi connectivity index (χ4n) is 5.84. The Hall–Kier alpha value is -5.34. The lowest BCUT2D eigenvalue weighted by molar-refractivity contribution is -0.697. The Kier molecular flexibility index (Phi) is 19.6. The predicted molar refractivity (Wildman–Crippen MR) is 233 cm³/mol. The summed E-state index contributed by atoms with van der Waals surface area (Å²) >= 11 is 0. The van der Waals surface area contributed by atoms with Gasteiger partial charge in [0.2, 0.25) is 23.3 Å². The molecular weight excluding hydrogens is 777 g/mol. The van der Waals surface area contributed by atoms with Crippen molar-refractivity contribution in [3.05, 3.63) is 95.6 Å². The molecule has 0 saturated carbocycles. The summed E-state index contributed by atoms with van der Waals surface area (Å²) < 4.78 is 36.7. The lowest BCUT2D eigenvalue weighted by Gasteiger charge is -2.12. The third-order valence-corrected chi connectivity index (χ3v) is 11.3. The van der Waals surface area contributed by atoms with E-state index >= 15 is 0 Å². The summed E-state index contributed by atoms with van der Waals surface area (Å²) in [5, 5.41) is 6.00. The molecular formula is C44H56N4O8S2+2. The van der Waals surface area contributed by atoms with Crippen LogP contribution in [0.2, 0.25) is 0 Å². The largest absolute Gasteiger partial charge is 0.493 e. The van der Waals surface area contributed by atoms with E-state index in [4.69, 9.17) is 28.4 Å². The number of methoxy groups -OCH3 is 6. The minimum Gasteiger partial charge on any atom is -0.493 e. The van der Waals surface area contributed by atoms with E-state index in [-0.39, 0.29) is 11.8 Å². The maximum Gasteiger partial charge on any atom is 0.220 e. The van der Waals surface area contributed by atoms with Crippen LogP contribution in [0.5, 0.6) is 34.5 Å². The number of amides is 2. The van der Waals surface area contributed by atoms with Crippen molar-refractivity contribution < 1.29 is 47.1 Å². The van der Waals surface area contributed by atoms with Crippen molar-refractivity contribution in [3.8, 4) is 34.5 Å². The average molecular weight is 833 g/mol. The van der Waals surface area contributed by atoms with Crippen LogP contribution in [0, 0.1) is 0 Å². The zero-order valence-electron chi connectivity index (χ0n) is 34.3. The molecule has 2 aromatic carbocycles. The topological polar surface area (TPSA) is 121 Å². The zero-order valence-corrected chi connectivity index (χ0v) is 35.9. The molecule has 14 heteroatoms. The van der Waals surface area contributed by atoms with Crippen LogP contribution in [-0.2, 0) is 22.7 Å². The summed E-state index contributed by atoms with van der Waals surface area (Å²) in [4.78, 5) is 24.7. The average Bonchev–Trinajstić information content (AvgIpc) is 3.25. The fraction of sp³-hybridized carbons (Fsp3) is 0.364. The van der Waals surface area contributed by atoms with E-state index in [9.17, 15) is 9.59 Å². The quantitative estimate of drug-likeness (QED) is 0.0434. The van der Waals surface area contributed by atoms with Gasteiger partial charge in [-0.25, -0.2) is 9.13 Å². The first-order valence-electron chi connectivity index (χ1n) is 19.0. The van der Waals surface area contributed by atoms with Crippen molar-refractivity contribution in [2.75, 3.05) is 67.3 Å². The van der Waals surface area contributed by atoms with Gasteiger partial charge < -0.3 is 39.1 Å². The molecule has 2 heterocycles. The number of ether oxygens (including phenoxy) is 6. The molecule has 0 fully saturated rings. The molecule has 2 amide bonds. The monoisotopic (exact) mass is 832 g/mol. The summed E-state index contributed by atoms with van der Waals surface area (Å²) in [6, 6.07) is 15.8. The molecule has 0 spiro atoms. The van der Waals surface area contributed by atoms with E-state index in [0.29, 0.717) is 60.4 Å². The van der Waals surface area contributed by atoms with Crippen LogP contribution >= 0.6 is 21.6 Å². The molecule has 310 valence electrons. The van der Waals surface area contributed by atoms with Crippen molar-refractivity contribution in [1.29, 1.82) is 0 Å². The molecule has 0 aliphatic heterocycles.